The molecule has 1 atom stereocenters. The zero-order valence-electron chi connectivity index (χ0n) is 20.3. The fraction of sp³-hybridized carbons (Fsp3) is 0.280. The predicted molar refractivity (Wildman–Crippen MR) is 132 cm³/mol. The van der Waals surface area contributed by atoms with Crippen molar-refractivity contribution in [3.8, 4) is 5.75 Å². The Kier molecular flexibility index (Phi) is 7.96. The van der Waals surface area contributed by atoms with Gasteiger partial charge in [0.15, 0.2) is 5.75 Å². The van der Waals surface area contributed by atoms with Crippen molar-refractivity contribution in [2.75, 3.05) is 30.9 Å². The molecule has 0 aliphatic carbocycles. The Morgan fingerprint density at radius 3 is 2.42 bits per heavy atom. The number of nitrogens with one attached hydrogen (secondary N) is 4. The highest BCUT2D eigenvalue weighted by Crippen LogP contribution is 2.35. The first-order valence-corrected chi connectivity index (χ1v) is 11.6. The van der Waals surface area contributed by atoms with Crippen molar-refractivity contribution in [3.05, 3.63) is 72.1 Å². The molecule has 1 aliphatic rings. The molecular weight excluding hydrogens is 505 g/mol. The molecule has 13 heteroatoms. The van der Waals surface area contributed by atoms with Gasteiger partial charge in [-0.15, -0.1) is 0 Å². The van der Waals surface area contributed by atoms with Crippen LogP contribution in [-0.4, -0.2) is 47.8 Å². The van der Waals surface area contributed by atoms with E-state index >= 15 is 0 Å². The predicted octanol–water partition coefficient (Wildman–Crippen LogP) is 3.84. The van der Waals surface area contributed by atoms with E-state index in [1.54, 1.807) is 31.3 Å². The first kappa shape index (κ1) is 26.7. The van der Waals surface area contributed by atoms with Gasteiger partial charge in [0, 0.05) is 32.3 Å². The summed E-state index contributed by atoms with van der Waals surface area (Å²) >= 11 is 0. The van der Waals surface area contributed by atoms with Crippen molar-refractivity contribution in [3.63, 3.8) is 0 Å². The van der Waals surface area contributed by atoms with Crippen LogP contribution in [0.3, 0.4) is 0 Å². The summed E-state index contributed by atoms with van der Waals surface area (Å²) < 4.78 is 50.3. The van der Waals surface area contributed by atoms with Gasteiger partial charge in [-0.3, -0.25) is 4.79 Å². The molecular formula is C25H25F3N6O4. The van der Waals surface area contributed by atoms with Gasteiger partial charge in [0.05, 0.1) is 30.3 Å². The van der Waals surface area contributed by atoms with Gasteiger partial charge in [0.2, 0.25) is 11.9 Å². The van der Waals surface area contributed by atoms with E-state index in [4.69, 9.17) is 9.47 Å². The van der Waals surface area contributed by atoms with Crippen molar-refractivity contribution in [2.45, 2.75) is 24.7 Å². The van der Waals surface area contributed by atoms with Crippen LogP contribution in [0.4, 0.5) is 35.3 Å². The number of alkyl halides is 3. The average molecular weight is 531 g/mol. The van der Waals surface area contributed by atoms with Gasteiger partial charge < -0.3 is 30.7 Å². The highest BCUT2D eigenvalue weighted by atomic mass is 19.4. The smallest absolute Gasteiger partial charge is 0.407 e. The second kappa shape index (κ2) is 11.3. The minimum atomic E-state index is -4.49. The Hall–Kier alpha value is -4.39. The van der Waals surface area contributed by atoms with Crippen LogP contribution in [0.5, 0.6) is 5.75 Å². The lowest BCUT2D eigenvalue weighted by molar-refractivity contribution is -0.137. The standard InChI is InChI=1S/C25H25F3N6O4/c1-29-22-31-13-18(14-32-22)38-23(36)34-24(10-11-37-15-24)21(35)30-12-16-6-8-17(9-7-16)33-20-5-3-2-4-19(20)25(26,27)28/h2-9,13-14,33H,10-12,15H2,1H3,(H,30,35)(H,34,36)(H,29,31,32)/t24-/m0/s1. The maximum absolute atomic E-state index is 13.2. The second-order valence-electron chi connectivity index (χ2n) is 8.44. The van der Waals surface area contributed by atoms with E-state index < -0.39 is 29.3 Å². The van der Waals surface area contributed by atoms with Crippen LogP contribution in [0.1, 0.15) is 17.5 Å². The van der Waals surface area contributed by atoms with Gasteiger partial charge in [0.1, 0.15) is 5.54 Å². The normalized spacial score (nSPS) is 16.9. The maximum Gasteiger partial charge on any atom is 0.418 e. The third kappa shape index (κ3) is 6.48. The molecule has 1 aliphatic heterocycles. The Bertz CT molecular complexity index is 1260. The van der Waals surface area contributed by atoms with Crippen molar-refractivity contribution >= 4 is 29.3 Å². The number of rotatable bonds is 8. The molecule has 4 rings (SSSR count). The number of aromatic nitrogens is 2. The van der Waals surface area contributed by atoms with E-state index in [1.165, 1.54) is 30.6 Å². The summed E-state index contributed by atoms with van der Waals surface area (Å²) in [5.74, 6) is -0.00898. The zero-order chi connectivity index (χ0) is 27.2. The number of carbonyl (C=O) groups excluding carboxylic acids is 2. The summed E-state index contributed by atoms with van der Waals surface area (Å²) in [6.45, 7) is 0.355. The van der Waals surface area contributed by atoms with Crippen LogP contribution in [0.2, 0.25) is 0 Å². The summed E-state index contributed by atoms with van der Waals surface area (Å²) in [6.07, 6.45) is -2.47. The monoisotopic (exact) mass is 530 g/mol. The molecule has 0 saturated carbocycles. The van der Waals surface area contributed by atoms with Crippen LogP contribution in [-0.2, 0) is 22.3 Å². The van der Waals surface area contributed by atoms with E-state index in [9.17, 15) is 22.8 Å². The number of carbonyl (C=O) groups is 2. The largest absolute Gasteiger partial charge is 0.418 e. The molecule has 0 unspecified atom stereocenters. The van der Waals surface area contributed by atoms with Crippen LogP contribution >= 0.6 is 0 Å². The molecule has 2 amide bonds. The van der Waals surface area contributed by atoms with Gasteiger partial charge in [-0.1, -0.05) is 24.3 Å². The van der Waals surface area contributed by atoms with Crippen LogP contribution < -0.4 is 26.0 Å². The van der Waals surface area contributed by atoms with Crippen LogP contribution in [0, 0.1) is 0 Å². The number of hydrogen-bond acceptors (Lipinski definition) is 8. The Morgan fingerprint density at radius 1 is 1.08 bits per heavy atom. The summed E-state index contributed by atoms with van der Waals surface area (Å²) in [4.78, 5) is 33.4. The lowest BCUT2D eigenvalue weighted by Crippen LogP contribution is -2.59. The highest BCUT2D eigenvalue weighted by Gasteiger charge is 2.44. The number of anilines is 3. The lowest BCUT2D eigenvalue weighted by atomic mass is 9.97. The summed E-state index contributed by atoms with van der Waals surface area (Å²) in [7, 11) is 1.65. The number of ether oxygens (including phenoxy) is 2. The quantitative estimate of drug-likeness (QED) is 0.346. The van der Waals surface area contributed by atoms with E-state index in [1.807, 2.05) is 0 Å². The van der Waals surface area contributed by atoms with Crippen LogP contribution in [0.25, 0.3) is 0 Å². The first-order valence-electron chi connectivity index (χ1n) is 11.6. The number of para-hydroxylation sites is 1. The summed E-state index contributed by atoms with van der Waals surface area (Å²) in [5, 5.41) is 10.9. The minimum Gasteiger partial charge on any atom is -0.407 e. The van der Waals surface area contributed by atoms with Gasteiger partial charge in [-0.25, -0.2) is 14.8 Å². The maximum atomic E-state index is 13.2. The van der Waals surface area contributed by atoms with E-state index in [-0.39, 0.29) is 37.6 Å². The molecule has 38 heavy (non-hydrogen) atoms. The molecule has 0 spiro atoms. The third-order valence-electron chi connectivity index (χ3n) is 5.78. The van der Waals surface area contributed by atoms with Crippen molar-refractivity contribution < 1.29 is 32.2 Å². The number of hydrogen-bond donors (Lipinski definition) is 4. The third-order valence-corrected chi connectivity index (χ3v) is 5.78. The fourth-order valence-electron chi connectivity index (χ4n) is 3.78. The SMILES string of the molecule is CNc1ncc(OC(=O)N[C@@]2(C(=O)NCc3ccc(Nc4ccccc4C(F)(F)F)cc3)CCOC2)cn1. The Labute approximate surface area is 216 Å². The molecule has 0 radical (unpaired) electrons. The van der Waals surface area contributed by atoms with Gasteiger partial charge in [-0.2, -0.15) is 13.2 Å². The molecule has 2 heterocycles. The van der Waals surface area contributed by atoms with Gasteiger partial charge in [-0.05, 0) is 29.8 Å². The van der Waals surface area contributed by atoms with E-state index in [0.717, 1.165) is 6.07 Å². The topological polar surface area (TPSA) is 127 Å². The van der Waals surface area contributed by atoms with Gasteiger partial charge in [0.25, 0.3) is 0 Å². The molecule has 2 aromatic carbocycles. The first-order chi connectivity index (χ1) is 18.2. The van der Waals surface area contributed by atoms with Crippen LogP contribution in [0.15, 0.2) is 60.9 Å². The number of amides is 2. The highest BCUT2D eigenvalue weighted by molar-refractivity contribution is 5.90. The number of benzene rings is 2. The zero-order valence-corrected chi connectivity index (χ0v) is 20.3. The van der Waals surface area contributed by atoms with Crippen molar-refractivity contribution in [2.24, 2.45) is 0 Å². The van der Waals surface area contributed by atoms with E-state index in [0.29, 0.717) is 17.2 Å². The Balaban J connectivity index is 1.35. The summed E-state index contributed by atoms with van der Waals surface area (Å²) in [6, 6.07) is 11.8. The summed E-state index contributed by atoms with van der Waals surface area (Å²) in [5.41, 5.74) is -1.01. The molecule has 3 aromatic rings. The number of halogens is 3. The molecule has 1 saturated heterocycles. The van der Waals surface area contributed by atoms with Gasteiger partial charge >= 0.3 is 12.3 Å². The second-order valence-corrected chi connectivity index (χ2v) is 8.44. The van der Waals surface area contributed by atoms with Crippen molar-refractivity contribution in [1.82, 2.24) is 20.6 Å². The van der Waals surface area contributed by atoms with Crippen molar-refractivity contribution in [1.29, 1.82) is 0 Å². The molecule has 10 nitrogen and oxygen atoms in total. The molecule has 4 N–H and O–H groups in total. The van der Waals surface area contributed by atoms with E-state index in [2.05, 4.69) is 31.2 Å². The molecule has 1 fully saturated rings. The average Bonchev–Trinajstić information content (AvgIpc) is 3.37. The minimum absolute atomic E-state index is 0.0371. The Morgan fingerprint density at radius 2 is 1.79 bits per heavy atom. The molecule has 1 aromatic heterocycles. The lowest BCUT2D eigenvalue weighted by Gasteiger charge is -2.27. The fourth-order valence-corrected chi connectivity index (χ4v) is 3.78. The molecule has 200 valence electrons. The molecule has 0 bridgehead atoms. The number of nitrogens with zero attached hydrogens (tertiary/aromatic N) is 2.